The number of allylic oxidation sites excluding steroid dienone is 1. The number of carboxylic acids is 1. The maximum Gasteiger partial charge on any atom is 0.341 e. The summed E-state index contributed by atoms with van der Waals surface area (Å²) in [6.45, 7) is 3.18. The van der Waals surface area contributed by atoms with Crippen LogP contribution in [0.1, 0.15) is 11.1 Å². The highest BCUT2D eigenvalue weighted by atomic mass is 35.5. The van der Waals surface area contributed by atoms with E-state index in [4.69, 9.17) is 33.0 Å². The van der Waals surface area contributed by atoms with Crippen molar-refractivity contribution >= 4 is 46.8 Å². The van der Waals surface area contributed by atoms with E-state index in [1.807, 2.05) is 6.07 Å². The molecule has 0 spiro atoms. The summed E-state index contributed by atoms with van der Waals surface area (Å²) in [5.74, 6) is -1.35. The van der Waals surface area contributed by atoms with Gasteiger partial charge in [-0.25, -0.2) is 4.79 Å². The number of aliphatic carboxylic acids is 1. The van der Waals surface area contributed by atoms with Crippen molar-refractivity contribution in [1.29, 1.82) is 5.26 Å². The van der Waals surface area contributed by atoms with Gasteiger partial charge in [0.1, 0.15) is 17.4 Å². The fraction of sp³-hybridized carbons (Fsp3) is 0.0952. The van der Waals surface area contributed by atoms with Crippen LogP contribution in [0.25, 0.3) is 6.08 Å². The van der Waals surface area contributed by atoms with Crippen molar-refractivity contribution in [2.75, 3.05) is 11.9 Å². The summed E-state index contributed by atoms with van der Waals surface area (Å²) in [7, 11) is 0. The first-order valence-corrected chi connectivity index (χ1v) is 9.07. The third kappa shape index (κ3) is 6.11. The van der Waals surface area contributed by atoms with E-state index in [-0.39, 0.29) is 21.3 Å². The number of hydrogen-bond donors (Lipinski definition) is 2. The molecule has 0 aliphatic carbocycles. The Bertz CT molecular complexity index is 1030. The molecular weight excluding hydrogens is 415 g/mol. The molecule has 29 heavy (non-hydrogen) atoms. The van der Waals surface area contributed by atoms with E-state index in [0.29, 0.717) is 23.3 Å². The highest BCUT2D eigenvalue weighted by molar-refractivity contribution is 6.44. The van der Waals surface area contributed by atoms with Gasteiger partial charge in [0.05, 0.1) is 15.7 Å². The van der Waals surface area contributed by atoms with Crippen LogP contribution in [0.4, 0.5) is 5.69 Å². The van der Waals surface area contributed by atoms with E-state index in [1.165, 1.54) is 6.08 Å². The number of ether oxygens (including phenoxy) is 1. The second kappa shape index (κ2) is 10.3. The monoisotopic (exact) mass is 430 g/mol. The van der Waals surface area contributed by atoms with Crippen LogP contribution in [-0.4, -0.2) is 23.6 Å². The van der Waals surface area contributed by atoms with Gasteiger partial charge in [-0.15, -0.1) is 6.58 Å². The second-order valence-corrected chi connectivity index (χ2v) is 6.55. The molecule has 0 saturated heterocycles. The predicted molar refractivity (Wildman–Crippen MR) is 112 cm³/mol. The average Bonchev–Trinajstić information content (AvgIpc) is 2.69. The van der Waals surface area contributed by atoms with Crippen LogP contribution in [-0.2, 0) is 16.0 Å². The molecule has 0 aliphatic heterocycles. The Hall–Kier alpha value is -3.27. The summed E-state index contributed by atoms with van der Waals surface area (Å²) in [6, 6.07) is 11.5. The molecule has 8 heteroatoms. The summed E-state index contributed by atoms with van der Waals surface area (Å²) < 4.78 is 5.25. The molecule has 2 rings (SSSR count). The summed E-state index contributed by atoms with van der Waals surface area (Å²) in [4.78, 5) is 23.2. The molecular formula is C21H16Cl2N2O4. The molecule has 0 unspecified atom stereocenters. The Kier molecular flexibility index (Phi) is 7.84. The fourth-order valence-electron chi connectivity index (χ4n) is 2.39. The number of nitriles is 1. The lowest BCUT2D eigenvalue weighted by Gasteiger charge is -2.10. The topological polar surface area (TPSA) is 99.4 Å². The molecule has 6 nitrogen and oxygen atoms in total. The molecule has 0 radical (unpaired) electrons. The number of carbonyl (C=O) groups is 2. The molecule has 0 fully saturated rings. The number of carbonyl (C=O) groups excluding carboxylic acids is 1. The van der Waals surface area contributed by atoms with E-state index in [0.717, 1.165) is 0 Å². The quantitative estimate of drug-likeness (QED) is 0.358. The lowest BCUT2D eigenvalue weighted by Crippen LogP contribution is -2.14. The number of anilines is 1. The molecule has 0 bridgehead atoms. The Labute approximate surface area is 177 Å². The molecule has 0 atom stereocenters. The fourth-order valence-corrected chi connectivity index (χ4v) is 2.74. The molecule has 0 heterocycles. The van der Waals surface area contributed by atoms with Gasteiger partial charge >= 0.3 is 5.97 Å². The first-order chi connectivity index (χ1) is 13.8. The second-order valence-electron chi connectivity index (χ2n) is 5.77. The van der Waals surface area contributed by atoms with Crippen LogP contribution >= 0.6 is 23.2 Å². The summed E-state index contributed by atoms with van der Waals surface area (Å²) >= 11 is 12.0. The lowest BCUT2D eigenvalue weighted by molar-refractivity contribution is -0.139. The zero-order valence-corrected chi connectivity index (χ0v) is 16.6. The van der Waals surface area contributed by atoms with E-state index in [2.05, 4.69) is 11.9 Å². The molecule has 148 valence electrons. The summed E-state index contributed by atoms with van der Waals surface area (Å²) in [5, 5.41) is 21.2. The number of carboxylic acid groups (broad SMARTS) is 1. The third-order valence-electron chi connectivity index (χ3n) is 3.68. The van der Waals surface area contributed by atoms with Crippen LogP contribution < -0.4 is 10.1 Å². The largest absolute Gasteiger partial charge is 0.482 e. The zero-order chi connectivity index (χ0) is 21.4. The Morgan fingerprint density at radius 3 is 2.69 bits per heavy atom. The maximum absolute atomic E-state index is 12.5. The maximum atomic E-state index is 12.5. The van der Waals surface area contributed by atoms with Crippen molar-refractivity contribution in [1.82, 2.24) is 0 Å². The highest BCUT2D eigenvalue weighted by Crippen LogP contribution is 2.30. The first-order valence-electron chi connectivity index (χ1n) is 8.31. The Balaban J connectivity index is 2.29. The average molecular weight is 431 g/mol. The van der Waals surface area contributed by atoms with Crippen LogP contribution in [0.3, 0.4) is 0 Å². The Morgan fingerprint density at radius 2 is 2.03 bits per heavy atom. The minimum absolute atomic E-state index is 0.148. The van der Waals surface area contributed by atoms with E-state index >= 15 is 0 Å². The number of benzene rings is 2. The van der Waals surface area contributed by atoms with Gasteiger partial charge in [-0.05, 0) is 47.9 Å². The number of halogens is 2. The minimum atomic E-state index is -1.10. The lowest BCUT2D eigenvalue weighted by atomic mass is 10.0. The summed E-state index contributed by atoms with van der Waals surface area (Å²) in [6.07, 6.45) is 3.46. The number of amides is 1. The smallest absolute Gasteiger partial charge is 0.341 e. The van der Waals surface area contributed by atoms with Gasteiger partial charge in [0.2, 0.25) is 0 Å². The van der Waals surface area contributed by atoms with Gasteiger partial charge in [-0.2, -0.15) is 5.26 Å². The zero-order valence-electron chi connectivity index (χ0n) is 15.1. The van der Waals surface area contributed by atoms with Gasteiger partial charge in [-0.3, -0.25) is 4.79 Å². The number of hydrogen-bond acceptors (Lipinski definition) is 4. The third-order valence-corrected chi connectivity index (χ3v) is 4.49. The van der Waals surface area contributed by atoms with Crippen molar-refractivity contribution in [2.45, 2.75) is 6.42 Å². The Morgan fingerprint density at radius 1 is 1.28 bits per heavy atom. The van der Waals surface area contributed by atoms with Gasteiger partial charge in [-0.1, -0.05) is 41.4 Å². The molecule has 0 saturated carbocycles. The molecule has 2 aromatic rings. The van der Waals surface area contributed by atoms with Gasteiger partial charge in [0.15, 0.2) is 6.61 Å². The van der Waals surface area contributed by atoms with Crippen LogP contribution in [0.2, 0.25) is 10.0 Å². The van der Waals surface area contributed by atoms with Crippen molar-refractivity contribution in [3.8, 4) is 11.8 Å². The van der Waals surface area contributed by atoms with Crippen LogP contribution in [0.15, 0.2) is 54.6 Å². The van der Waals surface area contributed by atoms with Gasteiger partial charge in [0, 0.05) is 0 Å². The van der Waals surface area contributed by atoms with Gasteiger partial charge < -0.3 is 15.2 Å². The number of nitrogens with one attached hydrogen (secondary N) is 1. The van der Waals surface area contributed by atoms with Crippen LogP contribution in [0, 0.1) is 11.3 Å². The van der Waals surface area contributed by atoms with Crippen molar-refractivity contribution in [2.24, 2.45) is 0 Å². The number of nitrogens with zero attached hydrogens (tertiary/aromatic N) is 1. The SMILES string of the molecule is C=CCc1cc(/C=C(/C#N)C(=O)Nc2cccc(Cl)c2Cl)ccc1OCC(=O)O. The molecule has 0 aliphatic rings. The normalized spacial score (nSPS) is 10.7. The standard InChI is InChI=1S/C21H16Cl2N2O4/c1-2-4-14-9-13(7-8-18(14)29-12-19(26)27)10-15(11-24)21(28)25-17-6-3-5-16(22)20(17)23/h2-3,5-10H,1,4,12H2,(H,25,28)(H,26,27)/b15-10-. The molecule has 0 aromatic heterocycles. The molecule has 1 amide bonds. The van der Waals surface area contributed by atoms with Crippen molar-refractivity contribution in [3.63, 3.8) is 0 Å². The predicted octanol–water partition coefficient (Wildman–Crippen LogP) is 4.73. The number of rotatable bonds is 8. The minimum Gasteiger partial charge on any atom is -0.482 e. The van der Waals surface area contributed by atoms with E-state index < -0.39 is 18.5 Å². The highest BCUT2D eigenvalue weighted by Gasteiger charge is 2.13. The molecule has 2 N–H and O–H groups in total. The molecule has 2 aromatic carbocycles. The van der Waals surface area contributed by atoms with E-state index in [1.54, 1.807) is 42.5 Å². The van der Waals surface area contributed by atoms with E-state index in [9.17, 15) is 14.9 Å². The van der Waals surface area contributed by atoms with Crippen LogP contribution in [0.5, 0.6) is 5.75 Å². The van der Waals surface area contributed by atoms with Crippen molar-refractivity contribution < 1.29 is 19.4 Å². The first kappa shape index (κ1) is 22.0. The van der Waals surface area contributed by atoms with Crippen molar-refractivity contribution in [3.05, 3.63) is 75.8 Å². The summed E-state index contributed by atoms with van der Waals surface area (Å²) in [5.41, 5.74) is 1.37. The van der Waals surface area contributed by atoms with Gasteiger partial charge in [0.25, 0.3) is 5.91 Å².